The molecule has 18 heavy (non-hydrogen) atoms. The molecule has 1 aromatic carbocycles. The van der Waals surface area contributed by atoms with Crippen molar-refractivity contribution in [2.75, 3.05) is 26.9 Å². The molecule has 4 heteroatoms. The second-order valence-corrected chi connectivity index (χ2v) is 5.07. The van der Waals surface area contributed by atoms with Gasteiger partial charge in [-0.3, -0.25) is 0 Å². The molecule has 0 saturated carbocycles. The van der Waals surface area contributed by atoms with Crippen molar-refractivity contribution >= 4 is 0 Å². The molecule has 0 saturated heterocycles. The molecular formula is C14H22N2O2. The van der Waals surface area contributed by atoms with Crippen LogP contribution in [0.3, 0.4) is 0 Å². The fourth-order valence-electron chi connectivity index (χ4n) is 2.32. The molecule has 2 rings (SSSR count). The largest absolute Gasteiger partial charge is 0.454 e. The van der Waals surface area contributed by atoms with Gasteiger partial charge in [-0.25, -0.2) is 0 Å². The van der Waals surface area contributed by atoms with Gasteiger partial charge in [-0.1, -0.05) is 13.0 Å². The number of hydrogen-bond acceptors (Lipinski definition) is 4. The molecule has 1 aromatic rings. The lowest BCUT2D eigenvalue weighted by Gasteiger charge is -2.21. The lowest BCUT2D eigenvalue weighted by Crippen LogP contribution is -2.25. The lowest BCUT2D eigenvalue weighted by molar-refractivity contribution is 0.174. The first-order chi connectivity index (χ1) is 8.69. The zero-order chi connectivity index (χ0) is 13.0. The van der Waals surface area contributed by atoms with Gasteiger partial charge in [0, 0.05) is 13.1 Å². The predicted octanol–water partition coefficient (Wildman–Crippen LogP) is 1.83. The Hall–Kier alpha value is -1.26. The molecule has 0 aliphatic carbocycles. The molecule has 1 atom stereocenters. The topological polar surface area (TPSA) is 47.7 Å². The zero-order valence-corrected chi connectivity index (χ0v) is 11.2. The van der Waals surface area contributed by atoms with Crippen LogP contribution < -0.4 is 15.2 Å². The standard InChI is InChI=1S/C14H22N2O2/c1-11(5-6-15)8-16(2)9-12-3-4-13-14(7-12)18-10-17-13/h3-4,7,11H,5-6,8-10,15H2,1-2H3. The Labute approximate surface area is 109 Å². The summed E-state index contributed by atoms with van der Waals surface area (Å²) in [5.74, 6) is 2.34. The van der Waals surface area contributed by atoms with Crippen molar-refractivity contribution in [3.8, 4) is 11.5 Å². The van der Waals surface area contributed by atoms with Crippen molar-refractivity contribution < 1.29 is 9.47 Å². The molecule has 4 nitrogen and oxygen atoms in total. The van der Waals surface area contributed by atoms with Gasteiger partial charge >= 0.3 is 0 Å². The molecule has 0 fully saturated rings. The van der Waals surface area contributed by atoms with E-state index in [1.807, 2.05) is 6.07 Å². The van der Waals surface area contributed by atoms with Crippen molar-refractivity contribution in [2.24, 2.45) is 11.7 Å². The molecule has 100 valence electrons. The van der Waals surface area contributed by atoms with Gasteiger partial charge in [0.1, 0.15) is 0 Å². The van der Waals surface area contributed by atoms with Crippen LogP contribution >= 0.6 is 0 Å². The van der Waals surface area contributed by atoms with Crippen molar-refractivity contribution in [3.63, 3.8) is 0 Å². The van der Waals surface area contributed by atoms with Gasteiger partial charge < -0.3 is 20.1 Å². The summed E-state index contributed by atoms with van der Waals surface area (Å²) in [7, 11) is 2.14. The van der Waals surface area contributed by atoms with E-state index < -0.39 is 0 Å². The first kappa shape index (κ1) is 13.2. The number of nitrogens with two attached hydrogens (primary N) is 1. The first-order valence-corrected chi connectivity index (χ1v) is 6.46. The van der Waals surface area contributed by atoms with Crippen LogP contribution in [0.25, 0.3) is 0 Å². The molecule has 1 aliphatic heterocycles. The van der Waals surface area contributed by atoms with E-state index in [1.54, 1.807) is 0 Å². The minimum Gasteiger partial charge on any atom is -0.454 e. The van der Waals surface area contributed by atoms with Crippen LogP contribution in [0.1, 0.15) is 18.9 Å². The van der Waals surface area contributed by atoms with Crippen LogP contribution in [-0.2, 0) is 6.54 Å². The minimum absolute atomic E-state index is 0.335. The lowest BCUT2D eigenvalue weighted by atomic mass is 10.1. The maximum Gasteiger partial charge on any atom is 0.231 e. The van der Waals surface area contributed by atoms with Crippen LogP contribution in [0.5, 0.6) is 11.5 Å². The summed E-state index contributed by atoms with van der Waals surface area (Å²) >= 11 is 0. The van der Waals surface area contributed by atoms with E-state index in [2.05, 4.69) is 31.0 Å². The molecule has 0 bridgehead atoms. The second kappa shape index (κ2) is 6.07. The fourth-order valence-corrected chi connectivity index (χ4v) is 2.32. The molecule has 0 amide bonds. The highest BCUT2D eigenvalue weighted by Gasteiger charge is 2.14. The fraction of sp³-hybridized carbons (Fsp3) is 0.571. The number of hydrogen-bond donors (Lipinski definition) is 1. The van der Waals surface area contributed by atoms with Crippen molar-refractivity contribution in [2.45, 2.75) is 19.9 Å². The zero-order valence-electron chi connectivity index (χ0n) is 11.2. The Balaban J connectivity index is 1.89. The number of nitrogens with zero attached hydrogens (tertiary/aromatic N) is 1. The van der Waals surface area contributed by atoms with E-state index in [-0.39, 0.29) is 0 Å². The molecular weight excluding hydrogens is 228 g/mol. The van der Waals surface area contributed by atoms with E-state index >= 15 is 0 Å². The molecule has 0 aromatic heterocycles. The number of rotatable bonds is 6. The highest BCUT2D eigenvalue weighted by molar-refractivity contribution is 5.44. The Kier molecular flexibility index (Phi) is 4.44. The SMILES string of the molecule is CC(CCN)CN(C)Cc1ccc2c(c1)OCO2. The van der Waals surface area contributed by atoms with Crippen LogP contribution in [0.2, 0.25) is 0 Å². The van der Waals surface area contributed by atoms with Gasteiger partial charge in [-0.2, -0.15) is 0 Å². The van der Waals surface area contributed by atoms with Gasteiger partial charge in [-0.15, -0.1) is 0 Å². The van der Waals surface area contributed by atoms with E-state index in [9.17, 15) is 0 Å². The smallest absolute Gasteiger partial charge is 0.231 e. The molecule has 0 spiro atoms. The van der Waals surface area contributed by atoms with Crippen molar-refractivity contribution in [1.29, 1.82) is 0 Å². The van der Waals surface area contributed by atoms with Crippen LogP contribution in [0, 0.1) is 5.92 Å². The van der Waals surface area contributed by atoms with Crippen LogP contribution in [0.15, 0.2) is 18.2 Å². The third-order valence-corrected chi connectivity index (χ3v) is 3.17. The average molecular weight is 250 g/mol. The first-order valence-electron chi connectivity index (χ1n) is 6.46. The molecule has 1 heterocycles. The van der Waals surface area contributed by atoms with Crippen molar-refractivity contribution in [1.82, 2.24) is 4.90 Å². The van der Waals surface area contributed by atoms with Gasteiger partial charge in [0.25, 0.3) is 0 Å². The third-order valence-electron chi connectivity index (χ3n) is 3.17. The maximum atomic E-state index is 5.57. The maximum absolute atomic E-state index is 5.57. The van der Waals surface area contributed by atoms with Crippen molar-refractivity contribution in [3.05, 3.63) is 23.8 Å². The highest BCUT2D eigenvalue weighted by atomic mass is 16.7. The van der Waals surface area contributed by atoms with Crippen LogP contribution in [0.4, 0.5) is 0 Å². The third kappa shape index (κ3) is 3.37. The summed E-state index contributed by atoms with van der Waals surface area (Å²) < 4.78 is 10.7. The van der Waals surface area contributed by atoms with E-state index in [0.717, 1.165) is 37.6 Å². The Morgan fingerprint density at radius 3 is 2.89 bits per heavy atom. The Morgan fingerprint density at radius 1 is 1.33 bits per heavy atom. The summed E-state index contributed by atoms with van der Waals surface area (Å²) in [6.45, 7) is 5.32. The monoisotopic (exact) mass is 250 g/mol. The Bertz CT molecular complexity index is 395. The average Bonchev–Trinajstić information content (AvgIpc) is 2.76. The Morgan fingerprint density at radius 2 is 2.11 bits per heavy atom. The molecule has 1 unspecified atom stereocenters. The van der Waals surface area contributed by atoms with Gasteiger partial charge in [0.2, 0.25) is 6.79 Å². The number of fused-ring (bicyclic) bond motifs is 1. The van der Waals surface area contributed by atoms with E-state index in [1.165, 1.54) is 5.56 Å². The molecule has 1 aliphatic rings. The summed E-state index contributed by atoms with van der Waals surface area (Å²) in [5, 5.41) is 0. The number of benzene rings is 1. The normalized spacial score (nSPS) is 15.1. The quantitative estimate of drug-likeness (QED) is 0.837. The van der Waals surface area contributed by atoms with Gasteiger partial charge in [0.05, 0.1) is 0 Å². The summed E-state index contributed by atoms with van der Waals surface area (Å²) in [6, 6.07) is 6.14. The van der Waals surface area contributed by atoms with Gasteiger partial charge in [0.15, 0.2) is 11.5 Å². The predicted molar refractivity (Wildman–Crippen MR) is 71.7 cm³/mol. The second-order valence-electron chi connectivity index (χ2n) is 5.07. The highest BCUT2D eigenvalue weighted by Crippen LogP contribution is 2.32. The van der Waals surface area contributed by atoms with Gasteiger partial charge in [-0.05, 0) is 43.6 Å². The van der Waals surface area contributed by atoms with E-state index in [0.29, 0.717) is 12.7 Å². The van der Waals surface area contributed by atoms with Crippen LogP contribution in [-0.4, -0.2) is 31.8 Å². The van der Waals surface area contributed by atoms with E-state index in [4.69, 9.17) is 15.2 Å². The minimum atomic E-state index is 0.335. The summed E-state index contributed by atoms with van der Waals surface area (Å²) in [5.41, 5.74) is 6.82. The molecule has 2 N–H and O–H groups in total. The summed E-state index contributed by atoms with van der Waals surface area (Å²) in [4.78, 5) is 2.32. The summed E-state index contributed by atoms with van der Waals surface area (Å²) in [6.07, 6.45) is 1.07. The molecule has 0 radical (unpaired) electrons. The number of ether oxygens (including phenoxy) is 2.